The molecule has 114 valence electrons. The van der Waals surface area contributed by atoms with Crippen molar-refractivity contribution in [3.05, 3.63) is 30.2 Å². The Labute approximate surface area is 125 Å². The van der Waals surface area contributed by atoms with Crippen molar-refractivity contribution in [2.24, 2.45) is 0 Å². The average Bonchev–Trinajstić information content (AvgIpc) is 2.92. The molecular formula is C17H24N2O2. The largest absolute Gasteiger partial charge is 0.441 e. The lowest BCUT2D eigenvalue weighted by atomic mass is 9.99. The molecule has 1 fully saturated rings. The Hall–Kier alpha value is -1.39. The zero-order valence-electron chi connectivity index (χ0n) is 12.5. The second-order valence-electron chi connectivity index (χ2n) is 5.88. The summed E-state index contributed by atoms with van der Waals surface area (Å²) in [7, 11) is 0. The Morgan fingerprint density at radius 1 is 1.29 bits per heavy atom. The number of oxazole rings is 1. The van der Waals surface area contributed by atoms with Gasteiger partial charge in [0, 0.05) is 19.1 Å². The number of aryl methyl sites for hydroxylation is 1. The Morgan fingerprint density at radius 3 is 3.05 bits per heavy atom. The SMILES string of the molecule is OCCC1CCCCN1CCCc1nc2ccccc2o1. The summed E-state index contributed by atoms with van der Waals surface area (Å²) in [4.78, 5) is 7.06. The van der Waals surface area contributed by atoms with Crippen LogP contribution in [-0.4, -0.2) is 40.7 Å². The van der Waals surface area contributed by atoms with Crippen molar-refractivity contribution in [2.75, 3.05) is 19.7 Å². The Bertz CT molecular complexity index is 532. The molecule has 3 rings (SSSR count). The minimum atomic E-state index is 0.298. The van der Waals surface area contributed by atoms with Crippen LogP contribution in [0.25, 0.3) is 11.1 Å². The van der Waals surface area contributed by atoms with Gasteiger partial charge < -0.3 is 14.4 Å². The van der Waals surface area contributed by atoms with E-state index in [1.165, 1.54) is 19.3 Å². The van der Waals surface area contributed by atoms with Crippen molar-refractivity contribution in [1.82, 2.24) is 9.88 Å². The van der Waals surface area contributed by atoms with Gasteiger partial charge in [-0.1, -0.05) is 18.6 Å². The predicted molar refractivity (Wildman–Crippen MR) is 83.2 cm³/mol. The Morgan fingerprint density at radius 2 is 2.19 bits per heavy atom. The van der Waals surface area contributed by atoms with E-state index in [4.69, 9.17) is 9.52 Å². The number of fused-ring (bicyclic) bond motifs is 1. The minimum absolute atomic E-state index is 0.298. The number of rotatable bonds is 6. The molecule has 2 heterocycles. The molecule has 4 heteroatoms. The molecule has 1 aliphatic rings. The number of benzene rings is 1. The van der Waals surface area contributed by atoms with Gasteiger partial charge in [0.25, 0.3) is 0 Å². The van der Waals surface area contributed by atoms with Crippen LogP contribution in [0, 0.1) is 0 Å². The van der Waals surface area contributed by atoms with Crippen LogP contribution in [0.1, 0.15) is 38.0 Å². The van der Waals surface area contributed by atoms with Gasteiger partial charge in [0.15, 0.2) is 11.5 Å². The standard InChI is InChI=1S/C17H24N2O2/c20-13-10-14-6-3-4-11-19(14)12-5-9-17-18-15-7-1-2-8-16(15)21-17/h1-2,7-8,14,20H,3-6,9-13H2. The van der Waals surface area contributed by atoms with E-state index in [1.54, 1.807) is 0 Å². The average molecular weight is 288 g/mol. The first-order chi connectivity index (χ1) is 10.4. The van der Waals surface area contributed by atoms with Crippen LogP contribution >= 0.6 is 0 Å². The summed E-state index contributed by atoms with van der Waals surface area (Å²) in [5, 5.41) is 9.17. The molecule has 1 aromatic carbocycles. The Kier molecular flexibility index (Phi) is 4.88. The van der Waals surface area contributed by atoms with Crippen molar-refractivity contribution in [1.29, 1.82) is 0 Å². The third-order valence-electron chi connectivity index (χ3n) is 4.39. The maximum Gasteiger partial charge on any atom is 0.195 e. The van der Waals surface area contributed by atoms with Crippen LogP contribution in [-0.2, 0) is 6.42 Å². The highest BCUT2D eigenvalue weighted by Gasteiger charge is 2.21. The van der Waals surface area contributed by atoms with Gasteiger partial charge in [-0.15, -0.1) is 0 Å². The lowest BCUT2D eigenvalue weighted by molar-refractivity contribution is 0.117. The number of aromatic nitrogens is 1. The smallest absolute Gasteiger partial charge is 0.195 e. The van der Waals surface area contributed by atoms with E-state index in [0.717, 1.165) is 49.3 Å². The fourth-order valence-electron chi connectivity index (χ4n) is 3.29. The van der Waals surface area contributed by atoms with Crippen molar-refractivity contribution in [3.8, 4) is 0 Å². The molecule has 0 radical (unpaired) electrons. The minimum Gasteiger partial charge on any atom is -0.441 e. The van der Waals surface area contributed by atoms with Gasteiger partial charge in [0.1, 0.15) is 5.52 Å². The first kappa shape index (κ1) is 14.5. The molecule has 0 saturated carbocycles. The molecule has 1 atom stereocenters. The molecule has 0 spiro atoms. The number of hydrogen-bond acceptors (Lipinski definition) is 4. The van der Waals surface area contributed by atoms with Gasteiger partial charge >= 0.3 is 0 Å². The van der Waals surface area contributed by atoms with Crippen molar-refractivity contribution < 1.29 is 9.52 Å². The number of nitrogens with zero attached hydrogens (tertiary/aromatic N) is 2. The topological polar surface area (TPSA) is 49.5 Å². The summed E-state index contributed by atoms with van der Waals surface area (Å²) in [5.41, 5.74) is 1.83. The maximum atomic E-state index is 9.17. The Balaban J connectivity index is 1.52. The molecule has 1 saturated heterocycles. The number of piperidine rings is 1. The summed E-state index contributed by atoms with van der Waals surface area (Å²) in [6.45, 7) is 2.54. The van der Waals surface area contributed by atoms with Gasteiger partial charge in [0.05, 0.1) is 0 Å². The van der Waals surface area contributed by atoms with Crippen LogP contribution in [0.5, 0.6) is 0 Å². The molecule has 1 N–H and O–H groups in total. The third kappa shape index (κ3) is 3.63. The quantitative estimate of drug-likeness (QED) is 0.887. The lowest BCUT2D eigenvalue weighted by Gasteiger charge is -2.35. The van der Waals surface area contributed by atoms with Crippen LogP contribution in [0.3, 0.4) is 0 Å². The van der Waals surface area contributed by atoms with Gasteiger partial charge in [-0.2, -0.15) is 0 Å². The third-order valence-corrected chi connectivity index (χ3v) is 4.39. The highest BCUT2D eigenvalue weighted by Crippen LogP contribution is 2.20. The van der Waals surface area contributed by atoms with E-state index in [-0.39, 0.29) is 0 Å². The molecule has 1 aromatic heterocycles. The number of aliphatic hydroxyl groups is 1. The summed E-state index contributed by atoms with van der Waals surface area (Å²) >= 11 is 0. The molecule has 0 bridgehead atoms. The van der Waals surface area contributed by atoms with Gasteiger partial charge in [-0.3, -0.25) is 0 Å². The predicted octanol–water partition coefficient (Wildman–Crippen LogP) is 3.00. The number of para-hydroxylation sites is 2. The fraction of sp³-hybridized carbons (Fsp3) is 0.588. The van der Waals surface area contributed by atoms with Crippen molar-refractivity contribution in [3.63, 3.8) is 0 Å². The second kappa shape index (κ2) is 7.05. The van der Waals surface area contributed by atoms with Crippen LogP contribution < -0.4 is 0 Å². The second-order valence-corrected chi connectivity index (χ2v) is 5.88. The van der Waals surface area contributed by atoms with Crippen molar-refractivity contribution >= 4 is 11.1 Å². The zero-order chi connectivity index (χ0) is 14.5. The molecule has 21 heavy (non-hydrogen) atoms. The first-order valence-electron chi connectivity index (χ1n) is 8.06. The van der Waals surface area contributed by atoms with Gasteiger partial charge in [0.2, 0.25) is 0 Å². The van der Waals surface area contributed by atoms with E-state index >= 15 is 0 Å². The van der Waals surface area contributed by atoms with Crippen molar-refractivity contribution in [2.45, 2.75) is 44.6 Å². The van der Waals surface area contributed by atoms with E-state index < -0.39 is 0 Å². The van der Waals surface area contributed by atoms with Crippen LogP contribution in [0.15, 0.2) is 28.7 Å². The lowest BCUT2D eigenvalue weighted by Crippen LogP contribution is -2.40. The molecule has 0 aliphatic carbocycles. The number of likely N-dealkylation sites (tertiary alicyclic amines) is 1. The van der Waals surface area contributed by atoms with E-state index in [0.29, 0.717) is 12.6 Å². The monoisotopic (exact) mass is 288 g/mol. The molecule has 1 unspecified atom stereocenters. The summed E-state index contributed by atoms with van der Waals surface area (Å²) < 4.78 is 5.76. The fourth-order valence-corrected chi connectivity index (χ4v) is 3.29. The maximum absolute atomic E-state index is 9.17. The molecule has 2 aromatic rings. The number of aliphatic hydroxyl groups excluding tert-OH is 1. The normalized spacial score (nSPS) is 20.1. The van der Waals surface area contributed by atoms with Crippen LogP contribution in [0.4, 0.5) is 0 Å². The molecular weight excluding hydrogens is 264 g/mol. The van der Waals surface area contributed by atoms with E-state index in [2.05, 4.69) is 9.88 Å². The zero-order valence-corrected chi connectivity index (χ0v) is 12.5. The molecule has 1 aliphatic heterocycles. The first-order valence-corrected chi connectivity index (χ1v) is 8.06. The highest BCUT2D eigenvalue weighted by atomic mass is 16.3. The van der Waals surface area contributed by atoms with Gasteiger partial charge in [-0.05, 0) is 50.9 Å². The summed E-state index contributed by atoms with van der Waals surface area (Å²) in [6, 6.07) is 8.48. The van der Waals surface area contributed by atoms with Crippen LogP contribution in [0.2, 0.25) is 0 Å². The summed E-state index contributed by atoms with van der Waals surface area (Å²) in [6.07, 6.45) is 6.66. The van der Waals surface area contributed by atoms with Gasteiger partial charge in [-0.25, -0.2) is 4.98 Å². The molecule has 4 nitrogen and oxygen atoms in total. The molecule has 0 amide bonds. The highest BCUT2D eigenvalue weighted by molar-refractivity contribution is 5.72. The summed E-state index contributed by atoms with van der Waals surface area (Å²) in [5.74, 6) is 0.840. The van der Waals surface area contributed by atoms with E-state index in [1.807, 2.05) is 24.3 Å². The number of hydrogen-bond donors (Lipinski definition) is 1. The van der Waals surface area contributed by atoms with E-state index in [9.17, 15) is 0 Å².